The number of carbonyl (C=O) groups is 2. The predicted octanol–water partition coefficient (Wildman–Crippen LogP) is 1.22. The van der Waals surface area contributed by atoms with Crippen molar-refractivity contribution in [3.63, 3.8) is 0 Å². The van der Waals surface area contributed by atoms with E-state index in [1.54, 1.807) is 18.2 Å². The van der Waals surface area contributed by atoms with Crippen LogP contribution in [0.2, 0.25) is 0 Å². The Kier molecular flexibility index (Phi) is 6.80. The van der Waals surface area contributed by atoms with Crippen LogP contribution >= 0.6 is 12.4 Å². The SMILES string of the molecule is COCC(N)C(=O)Nc1cc(C(=O)NC2CC2)ccc1C.Cl. The van der Waals surface area contributed by atoms with Crippen LogP contribution in [0.5, 0.6) is 0 Å². The number of amides is 2. The van der Waals surface area contributed by atoms with Crippen molar-refractivity contribution in [2.75, 3.05) is 19.0 Å². The average molecular weight is 328 g/mol. The van der Waals surface area contributed by atoms with Crippen molar-refractivity contribution in [2.24, 2.45) is 5.73 Å². The molecule has 2 amide bonds. The molecular formula is C15H22ClN3O3. The molecule has 1 aromatic rings. The second-order valence-corrected chi connectivity index (χ2v) is 5.33. The summed E-state index contributed by atoms with van der Waals surface area (Å²) in [5, 5.41) is 5.65. The number of hydrogen-bond donors (Lipinski definition) is 3. The minimum atomic E-state index is -0.738. The molecule has 122 valence electrons. The van der Waals surface area contributed by atoms with Crippen molar-refractivity contribution in [3.8, 4) is 0 Å². The summed E-state index contributed by atoms with van der Waals surface area (Å²) < 4.78 is 4.86. The van der Waals surface area contributed by atoms with Gasteiger partial charge >= 0.3 is 0 Å². The molecule has 1 aliphatic rings. The fourth-order valence-electron chi connectivity index (χ4n) is 1.87. The molecule has 7 heteroatoms. The highest BCUT2D eigenvalue weighted by Gasteiger charge is 2.24. The molecule has 1 aliphatic carbocycles. The van der Waals surface area contributed by atoms with E-state index < -0.39 is 6.04 Å². The predicted molar refractivity (Wildman–Crippen MR) is 87.4 cm³/mol. The zero-order valence-corrected chi connectivity index (χ0v) is 13.5. The number of carbonyl (C=O) groups excluding carboxylic acids is 2. The molecule has 1 aromatic carbocycles. The molecule has 4 N–H and O–H groups in total. The minimum absolute atomic E-state index is 0. The summed E-state index contributed by atoms with van der Waals surface area (Å²) in [5.74, 6) is -0.450. The van der Waals surface area contributed by atoms with Gasteiger partial charge in [0.05, 0.1) is 6.61 Å². The lowest BCUT2D eigenvalue weighted by Crippen LogP contribution is -2.39. The van der Waals surface area contributed by atoms with Gasteiger partial charge in [-0.25, -0.2) is 0 Å². The van der Waals surface area contributed by atoms with Gasteiger partial charge in [0, 0.05) is 24.4 Å². The largest absolute Gasteiger partial charge is 0.383 e. The Balaban J connectivity index is 0.00000242. The van der Waals surface area contributed by atoms with Crippen molar-refractivity contribution >= 4 is 29.9 Å². The number of methoxy groups -OCH3 is 1. The highest BCUT2D eigenvalue weighted by Crippen LogP contribution is 2.21. The molecule has 2 rings (SSSR count). The van der Waals surface area contributed by atoms with Gasteiger partial charge in [0.1, 0.15) is 6.04 Å². The first-order valence-corrected chi connectivity index (χ1v) is 6.98. The van der Waals surface area contributed by atoms with Crippen molar-refractivity contribution in [2.45, 2.75) is 31.8 Å². The third-order valence-corrected chi connectivity index (χ3v) is 3.35. The molecule has 1 unspecified atom stereocenters. The molecule has 0 saturated heterocycles. The Morgan fingerprint density at radius 2 is 2.09 bits per heavy atom. The Bertz CT molecular complexity index is 547. The van der Waals surface area contributed by atoms with Gasteiger partial charge in [-0.15, -0.1) is 12.4 Å². The van der Waals surface area contributed by atoms with E-state index in [1.807, 2.05) is 6.92 Å². The van der Waals surface area contributed by atoms with Crippen LogP contribution in [0.15, 0.2) is 18.2 Å². The first-order chi connectivity index (χ1) is 10.0. The molecule has 0 spiro atoms. The summed E-state index contributed by atoms with van der Waals surface area (Å²) in [6, 6.07) is 4.78. The zero-order valence-electron chi connectivity index (χ0n) is 12.7. The molecule has 0 aromatic heterocycles. The lowest BCUT2D eigenvalue weighted by Gasteiger charge is -2.14. The fourth-order valence-corrected chi connectivity index (χ4v) is 1.87. The van der Waals surface area contributed by atoms with Gasteiger partial charge in [-0.1, -0.05) is 6.07 Å². The smallest absolute Gasteiger partial charge is 0.251 e. The molecule has 1 fully saturated rings. The van der Waals surface area contributed by atoms with E-state index in [-0.39, 0.29) is 30.8 Å². The van der Waals surface area contributed by atoms with Crippen LogP contribution in [-0.2, 0) is 9.53 Å². The molecule has 0 aliphatic heterocycles. The number of rotatable bonds is 6. The van der Waals surface area contributed by atoms with Crippen LogP contribution in [0, 0.1) is 6.92 Å². The van der Waals surface area contributed by atoms with E-state index in [4.69, 9.17) is 10.5 Å². The standard InChI is InChI=1S/C15H21N3O3.ClH/c1-9-3-4-10(14(19)17-11-5-6-11)7-13(9)18-15(20)12(16)8-21-2;/h3-4,7,11-12H,5-6,8,16H2,1-2H3,(H,17,19)(H,18,20);1H. The van der Waals surface area contributed by atoms with E-state index in [0.29, 0.717) is 17.3 Å². The quantitative estimate of drug-likeness (QED) is 0.732. The Morgan fingerprint density at radius 1 is 1.41 bits per heavy atom. The number of benzene rings is 1. The van der Waals surface area contributed by atoms with Crippen molar-refractivity contribution in [1.29, 1.82) is 0 Å². The van der Waals surface area contributed by atoms with E-state index in [0.717, 1.165) is 18.4 Å². The molecule has 0 heterocycles. The molecule has 0 bridgehead atoms. The summed E-state index contributed by atoms with van der Waals surface area (Å²) in [6.07, 6.45) is 2.07. The molecule has 1 atom stereocenters. The van der Waals surface area contributed by atoms with E-state index in [2.05, 4.69) is 10.6 Å². The van der Waals surface area contributed by atoms with Crippen LogP contribution in [0.4, 0.5) is 5.69 Å². The Labute approximate surface area is 136 Å². The molecule has 6 nitrogen and oxygen atoms in total. The van der Waals surface area contributed by atoms with Gasteiger partial charge in [-0.3, -0.25) is 9.59 Å². The van der Waals surface area contributed by atoms with Gasteiger partial charge in [0.25, 0.3) is 5.91 Å². The second kappa shape index (κ2) is 8.12. The van der Waals surface area contributed by atoms with Gasteiger partial charge in [0.2, 0.25) is 5.91 Å². The third kappa shape index (κ3) is 4.98. The molecule has 0 radical (unpaired) electrons. The maximum Gasteiger partial charge on any atom is 0.251 e. The first kappa shape index (κ1) is 18.4. The normalized spacial score (nSPS) is 14.7. The highest BCUT2D eigenvalue weighted by molar-refractivity contribution is 5.99. The Morgan fingerprint density at radius 3 is 2.68 bits per heavy atom. The number of hydrogen-bond acceptors (Lipinski definition) is 4. The monoisotopic (exact) mass is 327 g/mol. The number of nitrogens with one attached hydrogen (secondary N) is 2. The average Bonchev–Trinajstić information content (AvgIpc) is 3.25. The van der Waals surface area contributed by atoms with E-state index >= 15 is 0 Å². The van der Waals surface area contributed by atoms with Crippen LogP contribution < -0.4 is 16.4 Å². The second-order valence-electron chi connectivity index (χ2n) is 5.33. The lowest BCUT2D eigenvalue weighted by atomic mass is 10.1. The summed E-state index contributed by atoms with van der Waals surface area (Å²) in [5.41, 5.74) is 7.68. The molecule has 1 saturated carbocycles. The third-order valence-electron chi connectivity index (χ3n) is 3.35. The maximum atomic E-state index is 12.0. The van der Waals surface area contributed by atoms with Crippen LogP contribution in [0.3, 0.4) is 0 Å². The summed E-state index contributed by atoms with van der Waals surface area (Å²) in [6.45, 7) is 2.01. The topological polar surface area (TPSA) is 93.4 Å². The zero-order chi connectivity index (χ0) is 15.4. The first-order valence-electron chi connectivity index (χ1n) is 6.98. The van der Waals surface area contributed by atoms with Gasteiger partial charge in [-0.05, 0) is 37.5 Å². The van der Waals surface area contributed by atoms with Crippen molar-refractivity contribution < 1.29 is 14.3 Å². The van der Waals surface area contributed by atoms with E-state index in [1.165, 1.54) is 7.11 Å². The highest BCUT2D eigenvalue weighted by atomic mass is 35.5. The van der Waals surface area contributed by atoms with Crippen molar-refractivity contribution in [3.05, 3.63) is 29.3 Å². The van der Waals surface area contributed by atoms with E-state index in [9.17, 15) is 9.59 Å². The number of nitrogens with two attached hydrogens (primary N) is 1. The summed E-state index contributed by atoms with van der Waals surface area (Å²) in [7, 11) is 1.49. The molecule has 22 heavy (non-hydrogen) atoms. The van der Waals surface area contributed by atoms with Gasteiger partial charge in [-0.2, -0.15) is 0 Å². The number of anilines is 1. The fraction of sp³-hybridized carbons (Fsp3) is 0.467. The van der Waals surface area contributed by atoms with Crippen LogP contribution in [0.25, 0.3) is 0 Å². The Hall–Kier alpha value is -1.63. The number of halogens is 1. The van der Waals surface area contributed by atoms with Gasteiger partial charge in [0.15, 0.2) is 0 Å². The van der Waals surface area contributed by atoms with Crippen molar-refractivity contribution in [1.82, 2.24) is 5.32 Å². The van der Waals surface area contributed by atoms with Crippen LogP contribution in [0.1, 0.15) is 28.8 Å². The summed E-state index contributed by atoms with van der Waals surface area (Å²) >= 11 is 0. The van der Waals surface area contributed by atoms with Gasteiger partial charge < -0.3 is 21.1 Å². The molecular weight excluding hydrogens is 306 g/mol. The minimum Gasteiger partial charge on any atom is -0.383 e. The van der Waals surface area contributed by atoms with Crippen LogP contribution in [-0.4, -0.2) is 37.6 Å². The summed E-state index contributed by atoms with van der Waals surface area (Å²) in [4.78, 5) is 23.9. The lowest BCUT2D eigenvalue weighted by molar-refractivity contribution is -0.118. The number of ether oxygens (including phenoxy) is 1. The maximum absolute atomic E-state index is 12.0. The number of aryl methyl sites for hydroxylation is 1.